The molecule has 42 valence electrons. The summed E-state index contributed by atoms with van der Waals surface area (Å²) in [5, 5.41) is 5.93. The maximum atomic E-state index is 2.99. The van der Waals surface area contributed by atoms with Gasteiger partial charge in [-0.1, -0.05) is 6.08 Å². The predicted octanol–water partition coefficient (Wildman–Crippen LogP) is 0.286. The third-order valence-electron chi connectivity index (χ3n) is 0.563. The standard InChI is InChI=1S/C5H12N2/c1-3-4-7-5-6-2/h3-4,6-7H,5H2,1-2H3/b4-3-. The molecule has 7 heavy (non-hydrogen) atoms. The minimum atomic E-state index is 0.838. The van der Waals surface area contributed by atoms with Crippen molar-refractivity contribution in [2.24, 2.45) is 0 Å². The molecule has 0 aromatic carbocycles. The first-order chi connectivity index (χ1) is 3.41. The van der Waals surface area contributed by atoms with Gasteiger partial charge in [-0.2, -0.15) is 0 Å². The van der Waals surface area contributed by atoms with Crippen LogP contribution in [-0.4, -0.2) is 13.7 Å². The lowest BCUT2D eigenvalue weighted by Crippen LogP contribution is -2.20. The van der Waals surface area contributed by atoms with Gasteiger partial charge in [-0.3, -0.25) is 0 Å². The second kappa shape index (κ2) is 5.50. The zero-order valence-electron chi connectivity index (χ0n) is 4.86. The maximum Gasteiger partial charge on any atom is 0.0645 e. The fourth-order valence-corrected chi connectivity index (χ4v) is 0.279. The Balaban J connectivity index is 2.69. The van der Waals surface area contributed by atoms with E-state index in [0.29, 0.717) is 0 Å². The molecule has 2 heteroatoms. The molecule has 0 rings (SSSR count). The highest BCUT2D eigenvalue weighted by Crippen LogP contribution is 1.57. The second-order valence-electron chi connectivity index (χ2n) is 1.23. The minimum Gasteiger partial charge on any atom is -0.379 e. The summed E-state index contributed by atoms with van der Waals surface area (Å²) in [6.07, 6.45) is 3.86. The molecule has 0 aromatic rings. The van der Waals surface area contributed by atoms with Gasteiger partial charge < -0.3 is 10.6 Å². The molecule has 2 N–H and O–H groups in total. The van der Waals surface area contributed by atoms with Crippen LogP contribution in [0.5, 0.6) is 0 Å². The normalized spacial score (nSPS) is 10.0. The van der Waals surface area contributed by atoms with E-state index in [1.807, 2.05) is 26.2 Å². The molecule has 0 atom stereocenters. The van der Waals surface area contributed by atoms with Crippen molar-refractivity contribution in [2.45, 2.75) is 6.92 Å². The predicted molar refractivity (Wildman–Crippen MR) is 31.9 cm³/mol. The summed E-state index contributed by atoms with van der Waals surface area (Å²) >= 11 is 0. The van der Waals surface area contributed by atoms with Gasteiger partial charge in [0.15, 0.2) is 0 Å². The highest BCUT2D eigenvalue weighted by atomic mass is 15.0. The zero-order valence-corrected chi connectivity index (χ0v) is 4.86. The summed E-state index contributed by atoms with van der Waals surface area (Å²) in [5.74, 6) is 0. The van der Waals surface area contributed by atoms with Crippen LogP contribution in [0.1, 0.15) is 6.92 Å². The van der Waals surface area contributed by atoms with E-state index in [2.05, 4.69) is 10.6 Å². The molecule has 0 aliphatic carbocycles. The molecule has 0 spiro atoms. The van der Waals surface area contributed by atoms with E-state index in [1.165, 1.54) is 0 Å². The van der Waals surface area contributed by atoms with Crippen molar-refractivity contribution in [1.82, 2.24) is 10.6 Å². The number of hydrogen-bond acceptors (Lipinski definition) is 2. The van der Waals surface area contributed by atoms with E-state index in [4.69, 9.17) is 0 Å². The molecule has 0 radical (unpaired) electrons. The van der Waals surface area contributed by atoms with Crippen LogP contribution in [0.25, 0.3) is 0 Å². The van der Waals surface area contributed by atoms with Crippen LogP contribution < -0.4 is 10.6 Å². The average Bonchev–Trinajstić information content (AvgIpc) is 1.69. The maximum absolute atomic E-state index is 2.99. The minimum absolute atomic E-state index is 0.838. The molecule has 0 aromatic heterocycles. The van der Waals surface area contributed by atoms with Crippen molar-refractivity contribution in [3.63, 3.8) is 0 Å². The fourth-order valence-electron chi connectivity index (χ4n) is 0.279. The summed E-state index contributed by atoms with van der Waals surface area (Å²) in [6, 6.07) is 0. The topological polar surface area (TPSA) is 24.1 Å². The van der Waals surface area contributed by atoms with E-state index >= 15 is 0 Å². The molecule has 0 aliphatic heterocycles. The van der Waals surface area contributed by atoms with Gasteiger partial charge in [-0.25, -0.2) is 0 Å². The van der Waals surface area contributed by atoms with E-state index in [-0.39, 0.29) is 0 Å². The highest BCUT2D eigenvalue weighted by Gasteiger charge is 1.65. The largest absolute Gasteiger partial charge is 0.379 e. The summed E-state index contributed by atoms with van der Waals surface area (Å²) in [6.45, 7) is 2.81. The first kappa shape index (κ1) is 6.50. The average molecular weight is 100 g/mol. The van der Waals surface area contributed by atoms with Gasteiger partial charge in [0.2, 0.25) is 0 Å². The third-order valence-corrected chi connectivity index (χ3v) is 0.563. The van der Waals surface area contributed by atoms with Crippen molar-refractivity contribution in [2.75, 3.05) is 13.7 Å². The lowest BCUT2D eigenvalue weighted by atomic mass is 10.7. The monoisotopic (exact) mass is 100 g/mol. The summed E-state index contributed by atoms with van der Waals surface area (Å²) < 4.78 is 0. The number of nitrogens with one attached hydrogen (secondary N) is 2. The quantitative estimate of drug-likeness (QED) is 0.393. The van der Waals surface area contributed by atoms with Crippen LogP contribution >= 0.6 is 0 Å². The fraction of sp³-hybridized carbons (Fsp3) is 0.600. The summed E-state index contributed by atoms with van der Waals surface area (Å²) in [5.41, 5.74) is 0. The molecular formula is C5H12N2. The Bertz CT molecular complexity index is 50.0. The van der Waals surface area contributed by atoms with Crippen molar-refractivity contribution in [3.05, 3.63) is 12.3 Å². The van der Waals surface area contributed by atoms with Crippen molar-refractivity contribution in [3.8, 4) is 0 Å². The van der Waals surface area contributed by atoms with E-state index in [0.717, 1.165) is 6.67 Å². The van der Waals surface area contributed by atoms with Gasteiger partial charge >= 0.3 is 0 Å². The number of allylic oxidation sites excluding steroid dienone is 1. The Labute approximate surface area is 44.6 Å². The molecule has 0 saturated heterocycles. The number of hydrogen-bond donors (Lipinski definition) is 2. The Hall–Kier alpha value is -0.500. The Morgan fingerprint density at radius 3 is 2.71 bits per heavy atom. The van der Waals surface area contributed by atoms with Crippen LogP contribution in [0.4, 0.5) is 0 Å². The second-order valence-corrected chi connectivity index (χ2v) is 1.23. The third kappa shape index (κ3) is 5.50. The van der Waals surface area contributed by atoms with Gasteiger partial charge in [0, 0.05) is 0 Å². The molecule has 0 heterocycles. The van der Waals surface area contributed by atoms with Crippen molar-refractivity contribution in [1.29, 1.82) is 0 Å². The number of rotatable bonds is 3. The van der Waals surface area contributed by atoms with Crippen LogP contribution in [0.2, 0.25) is 0 Å². The Morgan fingerprint density at radius 1 is 1.57 bits per heavy atom. The summed E-state index contributed by atoms with van der Waals surface area (Å²) in [4.78, 5) is 0. The van der Waals surface area contributed by atoms with Crippen LogP contribution in [0.15, 0.2) is 12.3 Å². The van der Waals surface area contributed by atoms with Gasteiger partial charge in [0.05, 0.1) is 6.67 Å². The lowest BCUT2D eigenvalue weighted by Gasteiger charge is -1.93. The van der Waals surface area contributed by atoms with E-state index in [1.54, 1.807) is 0 Å². The highest BCUT2D eigenvalue weighted by molar-refractivity contribution is 4.72. The van der Waals surface area contributed by atoms with Crippen molar-refractivity contribution >= 4 is 0 Å². The van der Waals surface area contributed by atoms with Gasteiger partial charge in [-0.15, -0.1) is 0 Å². The molecular weight excluding hydrogens is 88.1 g/mol. The van der Waals surface area contributed by atoms with Crippen LogP contribution in [0.3, 0.4) is 0 Å². The van der Waals surface area contributed by atoms with E-state index in [9.17, 15) is 0 Å². The van der Waals surface area contributed by atoms with E-state index < -0.39 is 0 Å². The molecule has 0 aliphatic rings. The Morgan fingerprint density at radius 2 is 2.29 bits per heavy atom. The first-order valence-electron chi connectivity index (χ1n) is 2.41. The van der Waals surface area contributed by atoms with Gasteiger partial charge in [0.25, 0.3) is 0 Å². The lowest BCUT2D eigenvalue weighted by molar-refractivity contribution is 0.736. The molecule has 0 unspecified atom stereocenters. The molecule has 0 bridgehead atoms. The molecule has 2 nitrogen and oxygen atoms in total. The molecule has 0 fully saturated rings. The van der Waals surface area contributed by atoms with Gasteiger partial charge in [0.1, 0.15) is 0 Å². The van der Waals surface area contributed by atoms with Gasteiger partial charge in [-0.05, 0) is 20.2 Å². The van der Waals surface area contributed by atoms with Crippen LogP contribution in [0, 0.1) is 0 Å². The van der Waals surface area contributed by atoms with Crippen molar-refractivity contribution < 1.29 is 0 Å². The van der Waals surface area contributed by atoms with Crippen LogP contribution in [-0.2, 0) is 0 Å². The zero-order chi connectivity index (χ0) is 5.54. The molecule has 0 amide bonds. The smallest absolute Gasteiger partial charge is 0.0645 e. The SMILES string of the molecule is C/C=C\NCNC. The first-order valence-corrected chi connectivity index (χ1v) is 2.41. The summed E-state index contributed by atoms with van der Waals surface area (Å²) in [7, 11) is 1.90. The Kier molecular flexibility index (Phi) is 5.11. The molecule has 0 saturated carbocycles.